The monoisotopic (exact) mass is 575 g/mol. The number of hydrogen-bond acceptors (Lipinski definition) is 0. The Kier molecular flexibility index (Phi) is 6.65. The van der Waals surface area contributed by atoms with Gasteiger partial charge in [0, 0.05) is 22.3 Å². The van der Waals surface area contributed by atoms with Crippen LogP contribution in [0.4, 0.5) is 0 Å². The molecule has 0 radical (unpaired) electrons. The van der Waals surface area contributed by atoms with E-state index in [0.717, 1.165) is 18.4 Å². The first-order chi connectivity index (χ1) is 22.2. The number of benzene rings is 6. The van der Waals surface area contributed by atoms with Gasteiger partial charge in [0.25, 0.3) is 0 Å². The standard InChI is InChI=1S/C44H33N/c1-3-4-15-30(2)43-37-21-8-10-23-39(37)44(40-24-11-9-22-38(40)43)33-17-14-16-31(28-33)32-26-27-36-35-20-12-13-25-41(35)45(42(36)29-32)34-18-6-5-7-19-34/h3-12,14-24,26-29H,1-2,13,25H2/b15-4-. The van der Waals surface area contributed by atoms with Gasteiger partial charge in [-0.1, -0.05) is 141 Å². The van der Waals surface area contributed by atoms with E-state index in [4.69, 9.17) is 0 Å². The lowest BCUT2D eigenvalue weighted by atomic mass is 9.85. The van der Waals surface area contributed by atoms with Crippen molar-refractivity contribution in [3.63, 3.8) is 0 Å². The lowest BCUT2D eigenvalue weighted by molar-refractivity contribution is 0.888. The van der Waals surface area contributed by atoms with E-state index >= 15 is 0 Å². The number of fused-ring (bicyclic) bond motifs is 5. The van der Waals surface area contributed by atoms with E-state index in [1.165, 1.54) is 77.2 Å². The Bertz CT molecular complexity index is 2290. The number of rotatable bonds is 6. The summed E-state index contributed by atoms with van der Waals surface area (Å²) >= 11 is 0. The average Bonchev–Trinajstić information content (AvgIpc) is 3.43. The Morgan fingerprint density at radius 3 is 2.04 bits per heavy atom. The largest absolute Gasteiger partial charge is 0.313 e. The molecule has 0 saturated carbocycles. The molecule has 0 saturated heterocycles. The summed E-state index contributed by atoms with van der Waals surface area (Å²) in [7, 11) is 0. The lowest BCUT2D eigenvalue weighted by Gasteiger charge is -2.18. The molecular weight excluding hydrogens is 542 g/mol. The van der Waals surface area contributed by atoms with Crippen LogP contribution < -0.4 is 0 Å². The van der Waals surface area contributed by atoms with Crippen molar-refractivity contribution < 1.29 is 0 Å². The van der Waals surface area contributed by atoms with Crippen molar-refractivity contribution in [1.29, 1.82) is 0 Å². The predicted molar refractivity (Wildman–Crippen MR) is 195 cm³/mol. The zero-order valence-electron chi connectivity index (χ0n) is 25.2. The van der Waals surface area contributed by atoms with Gasteiger partial charge in [0.1, 0.15) is 0 Å². The lowest BCUT2D eigenvalue weighted by Crippen LogP contribution is -2.02. The van der Waals surface area contributed by atoms with E-state index in [2.05, 4.69) is 157 Å². The third kappa shape index (κ3) is 4.48. The van der Waals surface area contributed by atoms with E-state index in [1.54, 1.807) is 6.08 Å². The molecule has 1 aliphatic carbocycles. The SMILES string of the molecule is C=C/C=C\C(=C)c1c2ccccc2c(-c2cccc(-c3ccc4c5c(n(-c6ccccc6)c4c3)CCC=C5)c2)c2ccccc12. The highest BCUT2D eigenvalue weighted by molar-refractivity contribution is 6.19. The maximum absolute atomic E-state index is 4.46. The number of allylic oxidation sites excluding steroid dienone is 5. The summed E-state index contributed by atoms with van der Waals surface area (Å²) in [6.45, 7) is 8.32. The first-order valence-corrected chi connectivity index (χ1v) is 15.6. The summed E-state index contributed by atoms with van der Waals surface area (Å²) in [6, 6.07) is 44.2. The number of para-hydroxylation sites is 1. The maximum atomic E-state index is 4.46. The first kappa shape index (κ1) is 26.9. The van der Waals surface area contributed by atoms with Crippen LogP contribution in [-0.2, 0) is 6.42 Å². The summed E-state index contributed by atoms with van der Waals surface area (Å²) < 4.78 is 2.47. The molecule has 1 heteroatoms. The highest BCUT2D eigenvalue weighted by Crippen LogP contribution is 2.43. The second-order valence-corrected chi connectivity index (χ2v) is 11.7. The van der Waals surface area contributed by atoms with Crippen LogP contribution in [0.1, 0.15) is 23.2 Å². The molecule has 1 aliphatic rings. The molecule has 0 unspecified atom stereocenters. The molecule has 6 aromatic carbocycles. The fourth-order valence-corrected chi connectivity index (χ4v) is 7.18. The molecule has 0 amide bonds. The third-order valence-corrected chi connectivity index (χ3v) is 9.13. The normalized spacial score (nSPS) is 12.7. The Hall–Kier alpha value is -5.66. The Labute approximate surface area is 264 Å². The van der Waals surface area contributed by atoms with Crippen LogP contribution in [0.3, 0.4) is 0 Å². The van der Waals surface area contributed by atoms with E-state index < -0.39 is 0 Å². The smallest absolute Gasteiger partial charge is 0.0543 e. The summed E-state index contributed by atoms with van der Waals surface area (Å²) in [5.74, 6) is 0. The molecule has 8 rings (SSSR count). The van der Waals surface area contributed by atoms with Gasteiger partial charge in [-0.25, -0.2) is 0 Å². The van der Waals surface area contributed by atoms with Crippen molar-refractivity contribution >= 4 is 44.1 Å². The second-order valence-electron chi connectivity index (χ2n) is 11.7. The van der Waals surface area contributed by atoms with Gasteiger partial charge < -0.3 is 4.57 Å². The molecule has 7 aromatic rings. The number of aromatic nitrogens is 1. The van der Waals surface area contributed by atoms with Crippen molar-refractivity contribution in [3.8, 4) is 27.9 Å². The molecule has 0 bridgehead atoms. The molecule has 1 nitrogen and oxygen atoms in total. The minimum Gasteiger partial charge on any atom is -0.313 e. The van der Waals surface area contributed by atoms with Crippen molar-refractivity contribution in [3.05, 3.63) is 176 Å². The van der Waals surface area contributed by atoms with Gasteiger partial charge >= 0.3 is 0 Å². The van der Waals surface area contributed by atoms with Gasteiger partial charge in [-0.15, -0.1) is 0 Å². The van der Waals surface area contributed by atoms with Crippen LogP contribution in [0.2, 0.25) is 0 Å². The van der Waals surface area contributed by atoms with Gasteiger partial charge in [-0.3, -0.25) is 0 Å². The number of nitrogens with zero attached hydrogens (tertiary/aromatic N) is 1. The zero-order chi connectivity index (χ0) is 30.3. The summed E-state index contributed by atoms with van der Waals surface area (Å²) in [6.07, 6.45) is 12.5. The van der Waals surface area contributed by atoms with E-state index in [1.807, 2.05) is 6.08 Å². The molecule has 0 spiro atoms. The molecule has 0 N–H and O–H groups in total. The van der Waals surface area contributed by atoms with Crippen molar-refractivity contribution in [1.82, 2.24) is 4.57 Å². The maximum Gasteiger partial charge on any atom is 0.0543 e. The Morgan fingerprint density at radius 1 is 0.644 bits per heavy atom. The van der Waals surface area contributed by atoms with Crippen LogP contribution >= 0.6 is 0 Å². The minimum atomic E-state index is 0.981. The van der Waals surface area contributed by atoms with Crippen LogP contribution in [0.5, 0.6) is 0 Å². The first-order valence-electron chi connectivity index (χ1n) is 15.6. The van der Waals surface area contributed by atoms with Crippen molar-refractivity contribution in [2.24, 2.45) is 0 Å². The average molecular weight is 576 g/mol. The second kappa shape index (κ2) is 11.1. The Balaban J connectivity index is 1.34. The van der Waals surface area contributed by atoms with Crippen LogP contribution in [0.15, 0.2) is 159 Å². The van der Waals surface area contributed by atoms with Gasteiger partial charge in [0.2, 0.25) is 0 Å². The molecule has 45 heavy (non-hydrogen) atoms. The van der Waals surface area contributed by atoms with E-state index in [0.29, 0.717) is 0 Å². The molecule has 1 heterocycles. The van der Waals surface area contributed by atoms with E-state index in [9.17, 15) is 0 Å². The summed E-state index contributed by atoms with van der Waals surface area (Å²) in [5.41, 5.74) is 12.3. The van der Waals surface area contributed by atoms with E-state index in [-0.39, 0.29) is 0 Å². The fraction of sp³-hybridized carbons (Fsp3) is 0.0455. The molecular formula is C44H33N. The number of hydrogen-bond donors (Lipinski definition) is 0. The zero-order valence-corrected chi connectivity index (χ0v) is 25.2. The molecule has 0 atom stereocenters. The molecule has 1 aromatic heterocycles. The molecule has 214 valence electrons. The molecule has 0 fully saturated rings. The highest BCUT2D eigenvalue weighted by atomic mass is 15.0. The van der Waals surface area contributed by atoms with Crippen LogP contribution in [0.25, 0.3) is 72.0 Å². The van der Waals surface area contributed by atoms with Crippen molar-refractivity contribution in [2.45, 2.75) is 12.8 Å². The van der Waals surface area contributed by atoms with Gasteiger partial charge in [-0.2, -0.15) is 0 Å². The highest BCUT2D eigenvalue weighted by Gasteiger charge is 2.20. The fourth-order valence-electron chi connectivity index (χ4n) is 7.18. The quantitative estimate of drug-likeness (QED) is 0.137. The minimum absolute atomic E-state index is 0.981. The Morgan fingerprint density at radius 2 is 1.31 bits per heavy atom. The molecule has 0 aliphatic heterocycles. The summed E-state index contributed by atoms with van der Waals surface area (Å²) in [5, 5.41) is 6.17. The predicted octanol–water partition coefficient (Wildman–Crippen LogP) is 12.0. The van der Waals surface area contributed by atoms with Gasteiger partial charge in [0.05, 0.1) is 5.52 Å². The van der Waals surface area contributed by atoms with Crippen molar-refractivity contribution in [2.75, 3.05) is 0 Å². The summed E-state index contributed by atoms with van der Waals surface area (Å²) in [4.78, 5) is 0. The van der Waals surface area contributed by atoms with Crippen LogP contribution in [0, 0.1) is 0 Å². The van der Waals surface area contributed by atoms with Crippen LogP contribution in [-0.4, -0.2) is 4.57 Å². The van der Waals surface area contributed by atoms with Gasteiger partial charge in [-0.05, 0) is 92.0 Å². The third-order valence-electron chi connectivity index (χ3n) is 9.13. The topological polar surface area (TPSA) is 4.93 Å². The van der Waals surface area contributed by atoms with Gasteiger partial charge in [0.15, 0.2) is 0 Å².